The van der Waals surface area contributed by atoms with Crippen molar-refractivity contribution in [2.45, 2.75) is 95.7 Å². The molecule has 9 rings (SSSR count). The summed E-state index contributed by atoms with van der Waals surface area (Å²) >= 11 is 0. The summed E-state index contributed by atoms with van der Waals surface area (Å²) in [7, 11) is 0. The van der Waals surface area contributed by atoms with Crippen LogP contribution in [-0.2, 0) is 15.0 Å². The Bertz CT molecular complexity index is 2410. The first-order valence-electron chi connectivity index (χ1n) is 20.1. The van der Waals surface area contributed by atoms with E-state index in [1.807, 2.05) is 13.8 Å². The van der Waals surface area contributed by atoms with Crippen molar-refractivity contribution in [1.29, 1.82) is 5.26 Å². The molecule has 2 saturated heterocycles. The molecule has 0 bridgehead atoms. The molecule has 4 amide bonds. The molecule has 3 aliphatic heterocycles. The van der Waals surface area contributed by atoms with Gasteiger partial charge in [0.15, 0.2) is 0 Å². The number of nitrogens with one attached hydrogen (secondary N) is 1. The van der Waals surface area contributed by atoms with Crippen molar-refractivity contribution >= 4 is 46.9 Å². The van der Waals surface area contributed by atoms with E-state index in [0.717, 1.165) is 108 Å². The number of nitriles is 1. The van der Waals surface area contributed by atoms with Gasteiger partial charge in [-0.2, -0.15) is 5.26 Å². The second-order valence-corrected chi connectivity index (χ2v) is 16.6. The summed E-state index contributed by atoms with van der Waals surface area (Å²) in [5, 5.41) is 16.2. The molecule has 1 atom stereocenters. The van der Waals surface area contributed by atoms with E-state index in [1.54, 1.807) is 6.21 Å². The standard InChI is InChI=1S/C45H44FN7O5/c1-25-4-7-29(41-26(2)50-58-27(41)3)18-39(25)52(32-12-8-30(9-13-32)45(24-47)16-17-45)33-22-51(23-33)31-10-5-28(6-11-31)21-48-37-20-35-34(19-36(37)46)43(56)53(44(35)57)38-14-15-40(54)49-42(38)55/h4,7-9,12-13,18-21,28,31,33,38H,5-6,10-11,14-17,22-23H2,1-3H3,(H,49,54,55). The maximum absolute atomic E-state index is 15.3. The SMILES string of the molecule is Cc1ccc(-c2c(C)noc2C)cc1N(c1ccc(C2(C#N)CC2)cc1)C1CN(C2CCC(C=Nc3cc4c(cc3F)C(=O)N(C3CCC(=O)NC3=O)C4=O)CC2)C1. The highest BCUT2D eigenvalue weighted by atomic mass is 19.1. The van der Waals surface area contributed by atoms with Crippen LogP contribution in [-0.4, -0.2) is 76.0 Å². The Kier molecular flexibility index (Phi) is 9.35. The van der Waals surface area contributed by atoms with E-state index >= 15 is 4.39 Å². The Morgan fingerprint density at radius 1 is 0.948 bits per heavy atom. The van der Waals surface area contributed by atoms with Crippen molar-refractivity contribution in [3.8, 4) is 17.2 Å². The van der Waals surface area contributed by atoms with Gasteiger partial charge in [0.25, 0.3) is 11.8 Å². The first kappa shape index (κ1) is 37.6. The summed E-state index contributed by atoms with van der Waals surface area (Å²) in [6, 6.07) is 19.4. The number of imide groups is 2. The van der Waals surface area contributed by atoms with Gasteiger partial charge in [-0.05, 0) is 119 Å². The number of nitrogens with zero attached hydrogens (tertiary/aromatic N) is 6. The highest BCUT2D eigenvalue weighted by Crippen LogP contribution is 2.48. The zero-order chi connectivity index (χ0) is 40.5. The number of carbonyl (C=O) groups is 4. The minimum absolute atomic E-state index is 0.00363. The predicted molar refractivity (Wildman–Crippen MR) is 214 cm³/mol. The average molecular weight is 782 g/mol. The molecule has 0 radical (unpaired) electrons. The maximum atomic E-state index is 15.3. The van der Waals surface area contributed by atoms with Crippen molar-refractivity contribution in [1.82, 2.24) is 20.3 Å². The molecule has 4 fully saturated rings. The fourth-order valence-electron chi connectivity index (χ4n) is 9.33. The summed E-state index contributed by atoms with van der Waals surface area (Å²) in [4.78, 5) is 60.7. The van der Waals surface area contributed by atoms with Crippen LogP contribution in [0.1, 0.15) is 94.7 Å². The quantitative estimate of drug-likeness (QED) is 0.138. The Morgan fingerprint density at radius 2 is 1.66 bits per heavy atom. The van der Waals surface area contributed by atoms with Crippen molar-refractivity contribution in [3.63, 3.8) is 0 Å². The number of hydrogen-bond donors (Lipinski definition) is 1. The van der Waals surface area contributed by atoms with E-state index in [9.17, 15) is 24.4 Å². The molecule has 2 saturated carbocycles. The summed E-state index contributed by atoms with van der Waals surface area (Å²) in [6.07, 6.45) is 7.29. The number of benzene rings is 3. The minimum atomic E-state index is -1.12. The fraction of sp³-hybridized carbons (Fsp3) is 0.400. The number of aryl methyl sites for hydroxylation is 3. The van der Waals surface area contributed by atoms with E-state index in [-0.39, 0.29) is 47.0 Å². The smallest absolute Gasteiger partial charge is 0.262 e. The highest BCUT2D eigenvalue weighted by molar-refractivity contribution is 6.23. The third-order valence-corrected chi connectivity index (χ3v) is 12.9. The first-order valence-corrected chi connectivity index (χ1v) is 20.1. The lowest BCUT2D eigenvalue weighted by molar-refractivity contribution is -0.136. The van der Waals surface area contributed by atoms with Crippen LogP contribution in [0.15, 0.2) is 64.1 Å². The summed E-state index contributed by atoms with van der Waals surface area (Å²) in [6.45, 7) is 7.84. The Morgan fingerprint density at radius 3 is 2.29 bits per heavy atom. The molecule has 1 aromatic heterocycles. The monoisotopic (exact) mass is 781 g/mol. The van der Waals surface area contributed by atoms with Crippen LogP contribution in [0, 0.1) is 43.8 Å². The van der Waals surface area contributed by atoms with Crippen LogP contribution in [0.2, 0.25) is 0 Å². The van der Waals surface area contributed by atoms with E-state index in [4.69, 9.17) is 4.52 Å². The van der Waals surface area contributed by atoms with Crippen LogP contribution < -0.4 is 10.2 Å². The molecule has 296 valence electrons. The second kappa shape index (κ2) is 14.4. The summed E-state index contributed by atoms with van der Waals surface area (Å²) in [5.41, 5.74) is 6.90. The second-order valence-electron chi connectivity index (χ2n) is 16.6. The van der Waals surface area contributed by atoms with Gasteiger partial charge in [0, 0.05) is 48.7 Å². The van der Waals surface area contributed by atoms with Gasteiger partial charge in [-0.1, -0.05) is 29.4 Å². The number of aliphatic imine (C=N–C) groups is 1. The van der Waals surface area contributed by atoms with E-state index in [0.29, 0.717) is 6.04 Å². The number of piperidine rings is 1. The molecule has 13 heteroatoms. The molecule has 5 aliphatic rings. The summed E-state index contributed by atoms with van der Waals surface area (Å²) < 4.78 is 20.8. The molecule has 58 heavy (non-hydrogen) atoms. The fourth-order valence-corrected chi connectivity index (χ4v) is 9.33. The first-order chi connectivity index (χ1) is 27.9. The van der Waals surface area contributed by atoms with Gasteiger partial charge >= 0.3 is 0 Å². The number of hydrogen-bond acceptors (Lipinski definition) is 10. The van der Waals surface area contributed by atoms with Crippen molar-refractivity contribution in [2.75, 3.05) is 18.0 Å². The zero-order valence-electron chi connectivity index (χ0n) is 32.8. The molecule has 3 aromatic carbocycles. The largest absolute Gasteiger partial charge is 0.361 e. The van der Waals surface area contributed by atoms with Crippen molar-refractivity contribution in [2.24, 2.45) is 10.9 Å². The molecule has 2 aliphatic carbocycles. The lowest BCUT2D eigenvalue weighted by Crippen LogP contribution is -2.61. The molecule has 4 aromatic rings. The van der Waals surface area contributed by atoms with Crippen LogP contribution >= 0.6 is 0 Å². The third-order valence-electron chi connectivity index (χ3n) is 12.9. The number of carbonyl (C=O) groups excluding carboxylic acids is 4. The topological polar surface area (TPSA) is 152 Å². The van der Waals surface area contributed by atoms with Gasteiger partial charge in [0.05, 0.1) is 40.0 Å². The maximum Gasteiger partial charge on any atom is 0.262 e. The predicted octanol–water partition coefficient (Wildman–Crippen LogP) is 7.15. The van der Waals surface area contributed by atoms with E-state index in [2.05, 4.69) is 80.7 Å². The number of halogens is 1. The average Bonchev–Trinajstić information content (AvgIpc) is 3.88. The number of amides is 4. The minimum Gasteiger partial charge on any atom is -0.361 e. The number of aromatic nitrogens is 1. The number of anilines is 2. The van der Waals surface area contributed by atoms with E-state index < -0.39 is 35.5 Å². The van der Waals surface area contributed by atoms with Crippen molar-refractivity contribution < 1.29 is 28.1 Å². The van der Waals surface area contributed by atoms with Crippen LogP contribution in [0.25, 0.3) is 11.1 Å². The molecule has 1 N–H and O–H groups in total. The Labute approximate surface area is 335 Å². The van der Waals surface area contributed by atoms with Crippen LogP contribution in [0.3, 0.4) is 0 Å². The van der Waals surface area contributed by atoms with Gasteiger partial charge in [-0.3, -0.25) is 39.3 Å². The van der Waals surface area contributed by atoms with Gasteiger partial charge in [-0.25, -0.2) is 4.39 Å². The third kappa shape index (κ3) is 6.49. The summed E-state index contributed by atoms with van der Waals surface area (Å²) in [5.74, 6) is -2.42. The number of likely N-dealkylation sites (tertiary alicyclic amines) is 1. The van der Waals surface area contributed by atoms with Gasteiger partial charge in [0.2, 0.25) is 11.8 Å². The van der Waals surface area contributed by atoms with Crippen molar-refractivity contribution in [3.05, 3.63) is 94.1 Å². The van der Waals surface area contributed by atoms with Gasteiger partial charge < -0.3 is 9.42 Å². The van der Waals surface area contributed by atoms with Gasteiger partial charge in [-0.15, -0.1) is 0 Å². The molecule has 4 heterocycles. The number of rotatable bonds is 9. The van der Waals surface area contributed by atoms with Crippen LogP contribution in [0.5, 0.6) is 0 Å². The lowest BCUT2D eigenvalue weighted by atomic mass is 9.84. The molecule has 12 nitrogen and oxygen atoms in total. The normalized spacial score (nSPS) is 23.2. The Hall–Kier alpha value is -6.00. The van der Waals surface area contributed by atoms with Gasteiger partial charge in [0.1, 0.15) is 17.6 Å². The lowest BCUT2D eigenvalue weighted by Gasteiger charge is -2.51. The highest BCUT2D eigenvalue weighted by Gasteiger charge is 2.46. The molecular formula is C45H44FN7O5. The van der Waals surface area contributed by atoms with E-state index in [1.165, 1.54) is 6.07 Å². The molecule has 1 unspecified atom stereocenters. The molecular weight excluding hydrogens is 738 g/mol. The Balaban J connectivity index is 0.874. The number of fused-ring (bicyclic) bond motifs is 1. The zero-order valence-corrected chi connectivity index (χ0v) is 32.8. The van der Waals surface area contributed by atoms with Crippen LogP contribution in [0.4, 0.5) is 21.5 Å². The molecule has 0 spiro atoms.